The van der Waals surface area contributed by atoms with Gasteiger partial charge in [0.15, 0.2) is 0 Å². The molecule has 0 aliphatic heterocycles. The third-order valence-electron chi connectivity index (χ3n) is 6.09. The predicted octanol–water partition coefficient (Wildman–Crippen LogP) is 6.52. The van der Waals surface area contributed by atoms with Gasteiger partial charge in [-0.25, -0.2) is 9.97 Å². The van der Waals surface area contributed by atoms with E-state index in [9.17, 15) is 5.26 Å². The van der Waals surface area contributed by atoms with E-state index in [1.54, 1.807) is 0 Å². The van der Waals surface area contributed by atoms with Gasteiger partial charge in [-0.05, 0) is 50.0 Å². The first-order chi connectivity index (χ1) is 12.7. The molecule has 26 heavy (non-hydrogen) atoms. The summed E-state index contributed by atoms with van der Waals surface area (Å²) in [6, 6.07) is 2.59. The number of aryl methyl sites for hydroxylation is 1. The number of aromatic nitrogens is 2. The Hall–Kier alpha value is -1.43. The molecule has 0 spiro atoms. The van der Waals surface area contributed by atoms with Crippen molar-refractivity contribution in [3.8, 4) is 6.07 Å². The molecule has 144 valence electrons. The summed E-state index contributed by atoms with van der Waals surface area (Å²) in [5.74, 6) is 1.56. The summed E-state index contributed by atoms with van der Waals surface area (Å²) in [4.78, 5) is 9.22. The van der Waals surface area contributed by atoms with Crippen molar-refractivity contribution in [3.63, 3.8) is 0 Å². The zero-order valence-electron chi connectivity index (χ0n) is 17.0. The molecule has 0 aromatic carbocycles. The first-order valence-corrected chi connectivity index (χ1v) is 11.0. The fourth-order valence-electron chi connectivity index (χ4n) is 4.19. The highest BCUT2D eigenvalue weighted by Crippen LogP contribution is 2.41. The summed E-state index contributed by atoms with van der Waals surface area (Å²) in [5, 5.41) is 9.87. The maximum Gasteiger partial charge on any atom is 0.148 e. The molecular formula is C23H37N3. The van der Waals surface area contributed by atoms with Gasteiger partial charge in [-0.3, -0.25) is 0 Å². The molecule has 1 fully saturated rings. The number of hydrogen-bond donors (Lipinski definition) is 0. The average Bonchev–Trinajstić information content (AvgIpc) is 2.69. The van der Waals surface area contributed by atoms with E-state index in [1.807, 2.05) is 12.4 Å². The highest BCUT2D eigenvalue weighted by molar-refractivity contribution is 5.22. The van der Waals surface area contributed by atoms with Gasteiger partial charge >= 0.3 is 0 Å². The smallest absolute Gasteiger partial charge is 0.148 e. The molecule has 1 aliphatic rings. The van der Waals surface area contributed by atoms with Gasteiger partial charge in [0.25, 0.3) is 0 Å². The van der Waals surface area contributed by atoms with Gasteiger partial charge in [0, 0.05) is 12.4 Å². The van der Waals surface area contributed by atoms with E-state index in [2.05, 4.69) is 29.9 Å². The molecule has 3 nitrogen and oxygen atoms in total. The van der Waals surface area contributed by atoms with Crippen LogP contribution in [-0.4, -0.2) is 9.97 Å². The number of rotatable bonds is 11. The molecular weight excluding hydrogens is 318 g/mol. The van der Waals surface area contributed by atoms with Gasteiger partial charge < -0.3 is 0 Å². The van der Waals surface area contributed by atoms with Crippen molar-refractivity contribution in [2.75, 3.05) is 0 Å². The lowest BCUT2D eigenvalue weighted by atomic mass is 9.69. The number of nitriles is 1. The summed E-state index contributed by atoms with van der Waals surface area (Å²) in [6.45, 7) is 4.49. The van der Waals surface area contributed by atoms with Crippen molar-refractivity contribution < 1.29 is 0 Å². The van der Waals surface area contributed by atoms with Crippen LogP contribution in [0.5, 0.6) is 0 Å². The van der Waals surface area contributed by atoms with Crippen LogP contribution in [0.2, 0.25) is 0 Å². The molecule has 0 saturated heterocycles. The minimum atomic E-state index is -0.444. The second-order valence-corrected chi connectivity index (χ2v) is 8.21. The van der Waals surface area contributed by atoms with Crippen molar-refractivity contribution in [3.05, 3.63) is 23.8 Å². The van der Waals surface area contributed by atoms with E-state index in [0.29, 0.717) is 0 Å². The highest BCUT2D eigenvalue weighted by Gasteiger charge is 2.39. The molecule has 1 aromatic rings. The third kappa shape index (κ3) is 6.08. The predicted molar refractivity (Wildman–Crippen MR) is 108 cm³/mol. The SMILES string of the molecule is CCCCCCCC1CCC(C#N)(c2ncc(CCCCC)cn2)CC1. The lowest BCUT2D eigenvalue weighted by Gasteiger charge is -2.33. The molecule has 0 amide bonds. The van der Waals surface area contributed by atoms with Crippen LogP contribution >= 0.6 is 0 Å². The molecule has 0 atom stereocenters. The molecule has 1 saturated carbocycles. The largest absolute Gasteiger partial charge is 0.239 e. The average molecular weight is 356 g/mol. The van der Waals surface area contributed by atoms with Gasteiger partial charge in [-0.1, -0.05) is 65.2 Å². The van der Waals surface area contributed by atoms with Crippen LogP contribution in [0, 0.1) is 17.2 Å². The van der Waals surface area contributed by atoms with Crippen LogP contribution in [0.25, 0.3) is 0 Å². The van der Waals surface area contributed by atoms with Gasteiger partial charge in [-0.2, -0.15) is 5.26 Å². The zero-order valence-corrected chi connectivity index (χ0v) is 17.0. The Morgan fingerprint density at radius 1 is 0.962 bits per heavy atom. The van der Waals surface area contributed by atoms with Crippen molar-refractivity contribution in [1.29, 1.82) is 5.26 Å². The molecule has 2 rings (SSSR count). The Labute approximate surface area is 160 Å². The molecule has 0 unspecified atom stereocenters. The Morgan fingerprint density at radius 3 is 2.19 bits per heavy atom. The van der Waals surface area contributed by atoms with Crippen LogP contribution in [-0.2, 0) is 11.8 Å². The van der Waals surface area contributed by atoms with Crippen molar-refractivity contribution >= 4 is 0 Å². The topological polar surface area (TPSA) is 49.6 Å². The zero-order chi connectivity index (χ0) is 18.7. The van der Waals surface area contributed by atoms with E-state index in [1.165, 1.54) is 63.4 Å². The normalized spacial score (nSPS) is 22.9. The Kier molecular flexibility index (Phi) is 9.09. The fourth-order valence-corrected chi connectivity index (χ4v) is 4.19. The number of hydrogen-bond acceptors (Lipinski definition) is 3. The van der Waals surface area contributed by atoms with Crippen molar-refractivity contribution in [2.24, 2.45) is 5.92 Å². The maximum atomic E-state index is 9.87. The van der Waals surface area contributed by atoms with Crippen LogP contribution in [0.3, 0.4) is 0 Å². The van der Waals surface area contributed by atoms with E-state index in [4.69, 9.17) is 0 Å². The van der Waals surface area contributed by atoms with E-state index in [0.717, 1.165) is 43.8 Å². The lowest BCUT2D eigenvalue weighted by molar-refractivity contribution is 0.253. The maximum absolute atomic E-state index is 9.87. The summed E-state index contributed by atoms with van der Waals surface area (Å²) in [6.07, 6.45) is 20.9. The molecule has 0 radical (unpaired) electrons. The highest BCUT2D eigenvalue weighted by atomic mass is 14.9. The minimum Gasteiger partial charge on any atom is -0.239 e. The molecule has 3 heteroatoms. The third-order valence-corrected chi connectivity index (χ3v) is 6.09. The van der Waals surface area contributed by atoms with Crippen molar-refractivity contribution in [2.45, 2.75) is 109 Å². The van der Waals surface area contributed by atoms with Crippen molar-refractivity contribution in [1.82, 2.24) is 9.97 Å². The summed E-state index contributed by atoms with van der Waals surface area (Å²) >= 11 is 0. The van der Waals surface area contributed by atoms with Gasteiger partial charge in [0.2, 0.25) is 0 Å². The van der Waals surface area contributed by atoms with Crippen LogP contribution < -0.4 is 0 Å². The van der Waals surface area contributed by atoms with Gasteiger partial charge in [0.1, 0.15) is 11.2 Å². The van der Waals surface area contributed by atoms with Crippen LogP contribution in [0.15, 0.2) is 12.4 Å². The number of nitrogens with zero attached hydrogens (tertiary/aromatic N) is 3. The quantitative estimate of drug-likeness (QED) is 0.424. The monoisotopic (exact) mass is 355 g/mol. The van der Waals surface area contributed by atoms with Gasteiger partial charge in [0.05, 0.1) is 6.07 Å². The van der Waals surface area contributed by atoms with E-state index >= 15 is 0 Å². The van der Waals surface area contributed by atoms with Crippen LogP contribution in [0.4, 0.5) is 0 Å². The molecule has 0 N–H and O–H groups in total. The summed E-state index contributed by atoms with van der Waals surface area (Å²) in [7, 11) is 0. The molecule has 1 aromatic heterocycles. The Morgan fingerprint density at radius 2 is 1.58 bits per heavy atom. The van der Waals surface area contributed by atoms with E-state index in [-0.39, 0.29) is 0 Å². The van der Waals surface area contributed by atoms with Crippen LogP contribution in [0.1, 0.15) is 109 Å². The summed E-state index contributed by atoms with van der Waals surface area (Å²) in [5.41, 5.74) is 0.761. The first kappa shape index (κ1) is 20.9. The minimum absolute atomic E-state index is 0.444. The second-order valence-electron chi connectivity index (χ2n) is 8.21. The standard InChI is InChI=1S/C23H37N3/c1-3-5-7-8-10-11-20-13-15-23(19-24,16-14-20)22-25-17-21(18-26-22)12-9-6-4-2/h17-18,20H,3-16H2,1-2H3. The first-order valence-electron chi connectivity index (χ1n) is 11.0. The Balaban J connectivity index is 1.83. The molecule has 0 bridgehead atoms. The number of unbranched alkanes of at least 4 members (excludes halogenated alkanes) is 6. The lowest BCUT2D eigenvalue weighted by Crippen LogP contribution is -2.32. The second kappa shape index (κ2) is 11.3. The molecule has 1 heterocycles. The van der Waals surface area contributed by atoms with E-state index < -0.39 is 5.41 Å². The fraction of sp³-hybridized carbons (Fsp3) is 0.783. The summed E-state index contributed by atoms with van der Waals surface area (Å²) < 4.78 is 0. The molecule has 1 aliphatic carbocycles. The van der Waals surface area contributed by atoms with Gasteiger partial charge in [-0.15, -0.1) is 0 Å². The Bertz CT molecular complexity index is 536.